The Labute approximate surface area is 102 Å². The zero-order valence-electron chi connectivity index (χ0n) is 9.62. The van der Waals surface area contributed by atoms with Crippen LogP contribution in [0.2, 0.25) is 0 Å². The van der Waals surface area contributed by atoms with Gasteiger partial charge in [-0.05, 0) is 17.7 Å². The van der Waals surface area contributed by atoms with Gasteiger partial charge in [0.1, 0.15) is 0 Å². The molecule has 7 heteroatoms. The molecule has 0 aromatic heterocycles. The highest BCUT2D eigenvalue weighted by atomic mass is 19.4. The number of nitrogens with two attached hydrogens (primary N) is 1. The monoisotopic (exact) mass is 262 g/mol. The number of carbonyl (C=O) groups is 1. The van der Waals surface area contributed by atoms with Crippen LogP contribution in [0.15, 0.2) is 24.3 Å². The van der Waals surface area contributed by atoms with Gasteiger partial charge in [0.15, 0.2) is 0 Å². The van der Waals surface area contributed by atoms with Crippen LogP contribution < -0.4 is 11.1 Å². The highest BCUT2D eigenvalue weighted by molar-refractivity contribution is 5.66. The van der Waals surface area contributed by atoms with E-state index in [4.69, 9.17) is 5.73 Å². The second-order valence-electron chi connectivity index (χ2n) is 3.60. The fourth-order valence-corrected chi connectivity index (χ4v) is 1.33. The van der Waals surface area contributed by atoms with Crippen molar-refractivity contribution in [3.63, 3.8) is 0 Å². The van der Waals surface area contributed by atoms with Gasteiger partial charge in [-0.3, -0.25) is 0 Å². The zero-order chi connectivity index (χ0) is 13.8. The Morgan fingerprint density at radius 1 is 1.50 bits per heavy atom. The molecular formula is C11H13F3N2O2. The number of amides is 1. The minimum atomic E-state index is -4.41. The van der Waals surface area contributed by atoms with Gasteiger partial charge >= 0.3 is 12.3 Å². The number of benzene rings is 1. The summed E-state index contributed by atoms with van der Waals surface area (Å²) in [5.74, 6) is 0. The predicted octanol–water partition coefficient (Wildman–Crippen LogP) is 2.06. The molecule has 0 saturated carbocycles. The number of halogens is 3. The van der Waals surface area contributed by atoms with Crippen molar-refractivity contribution < 1.29 is 22.7 Å². The van der Waals surface area contributed by atoms with E-state index in [0.717, 1.165) is 12.1 Å². The molecule has 1 atom stereocenters. The molecule has 1 aromatic carbocycles. The van der Waals surface area contributed by atoms with Crippen LogP contribution in [0.3, 0.4) is 0 Å². The molecule has 0 fully saturated rings. The van der Waals surface area contributed by atoms with Crippen LogP contribution in [-0.4, -0.2) is 19.7 Å². The summed E-state index contributed by atoms with van der Waals surface area (Å²) < 4.78 is 41.7. The maximum absolute atomic E-state index is 12.5. The fraction of sp³-hybridized carbons (Fsp3) is 0.364. The number of carbonyl (C=O) groups excluding carboxylic acids is 1. The maximum Gasteiger partial charge on any atom is 0.416 e. The lowest BCUT2D eigenvalue weighted by Gasteiger charge is -2.14. The van der Waals surface area contributed by atoms with Gasteiger partial charge in [-0.1, -0.05) is 12.1 Å². The third-order valence-electron chi connectivity index (χ3n) is 2.29. The molecule has 1 aromatic rings. The molecule has 1 amide bonds. The summed E-state index contributed by atoms with van der Waals surface area (Å²) in [5.41, 5.74) is 5.20. The first-order valence-corrected chi connectivity index (χ1v) is 5.09. The standard InChI is InChI=1S/C11H13F3N2O2/c1-18-10(17)16-6-9(15)7-3-2-4-8(5-7)11(12,13)14/h2-5,9H,6,15H2,1H3,(H,16,17). The third-order valence-corrected chi connectivity index (χ3v) is 2.29. The van der Waals surface area contributed by atoms with Crippen LogP contribution in [-0.2, 0) is 10.9 Å². The maximum atomic E-state index is 12.5. The van der Waals surface area contributed by atoms with Crippen LogP contribution in [0.25, 0.3) is 0 Å². The number of rotatable bonds is 3. The minimum Gasteiger partial charge on any atom is -0.453 e. The van der Waals surface area contributed by atoms with Gasteiger partial charge in [0.2, 0.25) is 0 Å². The van der Waals surface area contributed by atoms with Crippen LogP contribution in [0.5, 0.6) is 0 Å². The van der Waals surface area contributed by atoms with E-state index in [-0.39, 0.29) is 6.54 Å². The molecule has 0 aliphatic heterocycles. The minimum absolute atomic E-state index is 0.00597. The molecule has 1 rings (SSSR count). The molecule has 0 radical (unpaired) electrons. The lowest BCUT2D eigenvalue weighted by Crippen LogP contribution is -2.31. The molecule has 0 aliphatic rings. The number of nitrogens with one attached hydrogen (secondary N) is 1. The van der Waals surface area contributed by atoms with E-state index in [9.17, 15) is 18.0 Å². The summed E-state index contributed by atoms with van der Waals surface area (Å²) in [6.45, 7) is -0.00597. The molecular weight excluding hydrogens is 249 g/mol. The second kappa shape index (κ2) is 5.72. The Bertz CT molecular complexity index is 421. The Morgan fingerprint density at radius 2 is 2.17 bits per heavy atom. The number of hydrogen-bond donors (Lipinski definition) is 2. The number of hydrogen-bond acceptors (Lipinski definition) is 3. The van der Waals surface area contributed by atoms with Crippen LogP contribution in [0.4, 0.5) is 18.0 Å². The molecule has 4 nitrogen and oxygen atoms in total. The number of alkyl carbamates (subject to hydrolysis) is 1. The van der Waals surface area contributed by atoms with Crippen molar-refractivity contribution in [2.75, 3.05) is 13.7 Å². The first-order chi connectivity index (χ1) is 8.34. The molecule has 18 heavy (non-hydrogen) atoms. The van der Waals surface area contributed by atoms with Gasteiger partial charge in [0.25, 0.3) is 0 Å². The first-order valence-electron chi connectivity index (χ1n) is 5.09. The average Bonchev–Trinajstić information content (AvgIpc) is 2.34. The topological polar surface area (TPSA) is 64.3 Å². The van der Waals surface area contributed by atoms with Crippen molar-refractivity contribution in [2.45, 2.75) is 12.2 Å². The molecule has 0 heterocycles. The lowest BCUT2D eigenvalue weighted by atomic mass is 10.0. The molecule has 0 saturated heterocycles. The van der Waals surface area contributed by atoms with Crippen LogP contribution in [0.1, 0.15) is 17.2 Å². The van der Waals surface area contributed by atoms with E-state index in [0.29, 0.717) is 5.56 Å². The normalized spacial score (nSPS) is 12.9. The summed E-state index contributed by atoms with van der Waals surface area (Å²) in [6.07, 6.45) is -5.09. The van der Waals surface area contributed by atoms with Crippen molar-refractivity contribution in [1.29, 1.82) is 0 Å². The van der Waals surface area contributed by atoms with Crippen molar-refractivity contribution in [1.82, 2.24) is 5.32 Å². The first kappa shape index (κ1) is 14.3. The van der Waals surface area contributed by atoms with Gasteiger partial charge in [-0.25, -0.2) is 4.79 Å². The summed E-state index contributed by atoms with van der Waals surface area (Å²) in [5, 5.41) is 2.32. The third kappa shape index (κ3) is 3.92. The SMILES string of the molecule is COC(=O)NCC(N)c1cccc(C(F)(F)F)c1. The number of alkyl halides is 3. The van der Waals surface area contributed by atoms with E-state index in [1.807, 2.05) is 0 Å². The van der Waals surface area contributed by atoms with Gasteiger partial charge in [-0.15, -0.1) is 0 Å². The number of ether oxygens (including phenoxy) is 1. The highest BCUT2D eigenvalue weighted by Crippen LogP contribution is 2.30. The lowest BCUT2D eigenvalue weighted by molar-refractivity contribution is -0.137. The Hall–Kier alpha value is -1.76. The molecule has 1 unspecified atom stereocenters. The smallest absolute Gasteiger partial charge is 0.416 e. The van der Waals surface area contributed by atoms with E-state index < -0.39 is 23.9 Å². The summed E-state index contributed by atoms with van der Waals surface area (Å²) >= 11 is 0. The summed E-state index contributed by atoms with van der Waals surface area (Å²) in [6, 6.07) is 3.94. The predicted molar refractivity (Wildman–Crippen MR) is 58.8 cm³/mol. The largest absolute Gasteiger partial charge is 0.453 e. The van der Waals surface area contributed by atoms with E-state index in [1.165, 1.54) is 19.2 Å². The quantitative estimate of drug-likeness (QED) is 0.876. The second-order valence-corrected chi connectivity index (χ2v) is 3.60. The van der Waals surface area contributed by atoms with Crippen molar-refractivity contribution in [2.24, 2.45) is 5.73 Å². The van der Waals surface area contributed by atoms with Crippen molar-refractivity contribution >= 4 is 6.09 Å². The van der Waals surface area contributed by atoms with Crippen LogP contribution >= 0.6 is 0 Å². The van der Waals surface area contributed by atoms with Gasteiger partial charge in [0.05, 0.1) is 12.7 Å². The van der Waals surface area contributed by atoms with E-state index in [2.05, 4.69) is 10.1 Å². The molecule has 0 aliphatic carbocycles. The molecule has 0 bridgehead atoms. The average molecular weight is 262 g/mol. The summed E-state index contributed by atoms with van der Waals surface area (Å²) in [7, 11) is 1.19. The van der Waals surface area contributed by atoms with Crippen molar-refractivity contribution in [3.05, 3.63) is 35.4 Å². The Balaban J connectivity index is 2.74. The molecule has 100 valence electrons. The van der Waals surface area contributed by atoms with Gasteiger partial charge in [-0.2, -0.15) is 13.2 Å². The van der Waals surface area contributed by atoms with Gasteiger partial charge < -0.3 is 15.8 Å². The van der Waals surface area contributed by atoms with E-state index >= 15 is 0 Å². The van der Waals surface area contributed by atoms with Crippen molar-refractivity contribution in [3.8, 4) is 0 Å². The zero-order valence-corrected chi connectivity index (χ0v) is 9.62. The highest BCUT2D eigenvalue weighted by Gasteiger charge is 2.30. The summed E-state index contributed by atoms with van der Waals surface area (Å²) in [4.78, 5) is 10.8. The Morgan fingerprint density at radius 3 is 2.72 bits per heavy atom. The Kier molecular flexibility index (Phi) is 4.55. The van der Waals surface area contributed by atoms with Crippen LogP contribution in [0, 0.1) is 0 Å². The molecule has 3 N–H and O–H groups in total. The van der Waals surface area contributed by atoms with Gasteiger partial charge in [0, 0.05) is 12.6 Å². The van der Waals surface area contributed by atoms with E-state index in [1.54, 1.807) is 0 Å². The fourth-order valence-electron chi connectivity index (χ4n) is 1.33. The molecule has 0 spiro atoms. The number of methoxy groups -OCH3 is 1.